The van der Waals surface area contributed by atoms with Gasteiger partial charge in [0.25, 0.3) is 0 Å². The number of rotatable bonds is 9. The zero-order valence-corrected chi connectivity index (χ0v) is 17.2. The average molecular weight is 428 g/mol. The Labute approximate surface area is 163 Å². The molecule has 0 radical (unpaired) electrons. The van der Waals surface area contributed by atoms with Crippen molar-refractivity contribution >= 4 is 27.5 Å². The topological polar surface area (TPSA) is 33.7 Å². The lowest BCUT2D eigenvalue weighted by Crippen LogP contribution is -2.26. The van der Waals surface area contributed by atoms with Gasteiger partial charge in [0.15, 0.2) is 11.5 Å². The Morgan fingerprint density at radius 2 is 1.96 bits per heavy atom. The monoisotopic (exact) mass is 426 g/mol. The van der Waals surface area contributed by atoms with Crippen molar-refractivity contribution in [1.82, 2.24) is 10.2 Å². The van der Waals surface area contributed by atoms with Crippen molar-refractivity contribution in [1.29, 1.82) is 0 Å². The number of nitrogens with one attached hydrogen (secondary N) is 1. The van der Waals surface area contributed by atoms with Gasteiger partial charge < -0.3 is 19.7 Å². The van der Waals surface area contributed by atoms with E-state index in [4.69, 9.17) is 21.1 Å². The molecule has 2 aromatic carbocycles. The summed E-state index contributed by atoms with van der Waals surface area (Å²) in [6.45, 7) is 3.12. The second kappa shape index (κ2) is 10.0. The molecule has 0 aliphatic rings. The van der Waals surface area contributed by atoms with Crippen molar-refractivity contribution in [3.8, 4) is 11.5 Å². The van der Waals surface area contributed by atoms with E-state index in [1.165, 1.54) is 0 Å². The van der Waals surface area contributed by atoms with E-state index in [1.807, 2.05) is 36.4 Å². The first-order valence-corrected chi connectivity index (χ1v) is 9.26. The van der Waals surface area contributed by atoms with E-state index in [1.54, 1.807) is 7.11 Å². The normalized spacial score (nSPS) is 11.0. The highest BCUT2D eigenvalue weighted by molar-refractivity contribution is 9.10. The Bertz CT molecular complexity index is 695. The zero-order valence-electron chi connectivity index (χ0n) is 14.8. The maximum atomic E-state index is 6.01. The predicted octanol–water partition coefficient (Wildman–Crippen LogP) is 4.34. The Morgan fingerprint density at radius 3 is 2.64 bits per heavy atom. The van der Waals surface area contributed by atoms with Crippen molar-refractivity contribution in [2.75, 3.05) is 34.3 Å². The number of benzene rings is 2. The minimum absolute atomic E-state index is 0.434. The van der Waals surface area contributed by atoms with Crippen LogP contribution in [0.25, 0.3) is 0 Å². The molecule has 0 atom stereocenters. The first-order chi connectivity index (χ1) is 12.0. The Morgan fingerprint density at radius 1 is 1.16 bits per heavy atom. The van der Waals surface area contributed by atoms with Crippen LogP contribution in [-0.4, -0.2) is 39.2 Å². The van der Waals surface area contributed by atoms with Crippen molar-refractivity contribution in [3.63, 3.8) is 0 Å². The number of methoxy groups -OCH3 is 1. The molecule has 0 aliphatic heterocycles. The highest BCUT2D eigenvalue weighted by Gasteiger charge is 2.11. The van der Waals surface area contributed by atoms with Gasteiger partial charge in [0.2, 0.25) is 0 Å². The molecule has 0 amide bonds. The Kier molecular flexibility index (Phi) is 8.03. The van der Waals surface area contributed by atoms with E-state index >= 15 is 0 Å². The fourth-order valence-electron chi connectivity index (χ4n) is 2.30. The summed E-state index contributed by atoms with van der Waals surface area (Å²) < 4.78 is 12.4. The maximum absolute atomic E-state index is 6.01. The van der Waals surface area contributed by atoms with Crippen LogP contribution in [0.4, 0.5) is 0 Å². The molecule has 2 aromatic rings. The molecule has 25 heavy (non-hydrogen) atoms. The summed E-state index contributed by atoms with van der Waals surface area (Å²) in [5, 5.41) is 4.13. The number of nitrogens with zero attached hydrogens (tertiary/aromatic N) is 1. The van der Waals surface area contributed by atoms with Gasteiger partial charge in [-0.05, 0) is 49.5 Å². The van der Waals surface area contributed by atoms with E-state index in [0.29, 0.717) is 17.4 Å². The van der Waals surface area contributed by atoms with Gasteiger partial charge in [-0.2, -0.15) is 0 Å². The summed E-state index contributed by atoms with van der Waals surface area (Å²) in [5.41, 5.74) is 2.14. The van der Waals surface area contributed by atoms with Gasteiger partial charge in [-0.1, -0.05) is 39.7 Å². The second-order valence-corrected chi connectivity index (χ2v) is 7.28. The predicted molar refractivity (Wildman–Crippen MR) is 107 cm³/mol. The van der Waals surface area contributed by atoms with Crippen molar-refractivity contribution in [3.05, 3.63) is 57.0 Å². The van der Waals surface area contributed by atoms with Crippen LogP contribution in [0, 0.1) is 0 Å². The smallest absolute Gasteiger partial charge is 0.162 e. The zero-order chi connectivity index (χ0) is 18.2. The summed E-state index contributed by atoms with van der Waals surface area (Å²) >= 11 is 9.64. The molecule has 0 unspecified atom stereocenters. The minimum Gasteiger partial charge on any atom is -0.493 e. The van der Waals surface area contributed by atoms with Crippen molar-refractivity contribution in [2.45, 2.75) is 13.2 Å². The number of hydrogen-bond donors (Lipinski definition) is 1. The third-order valence-corrected chi connectivity index (χ3v) is 4.64. The van der Waals surface area contributed by atoms with E-state index in [9.17, 15) is 0 Å². The van der Waals surface area contributed by atoms with Crippen LogP contribution in [0.3, 0.4) is 0 Å². The molecule has 0 heterocycles. The summed E-state index contributed by atoms with van der Waals surface area (Å²) in [7, 11) is 5.78. The highest BCUT2D eigenvalue weighted by atomic mass is 79.9. The van der Waals surface area contributed by atoms with Crippen LogP contribution in [0.15, 0.2) is 40.9 Å². The van der Waals surface area contributed by atoms with Gasteiger partial charge >= 0.3 is 0 Å². The largest absolute Gasteiger partial charge is 0.493 e. The molecule has 0 aliphatic carbocycles. The van der Waals surface area contributed by atoms with Crippen molar-refractivity contribution < 1.29 is 9.47 Å². The molecule has 6 heteroatoms. The summed E-state index contributed by atoms with van der Waals surface area (Å²) in [6.07, 6.45) is 0. The highest BCUT2D eigenvalue weighted by Crippen LogP contribution is 2.34. The molecule has 1 N–H and O–H groups in total. The molecule has 0 saturated heterocycles. The van der Waals surface area contributed by atoms with E-state index in [-0.39, 0.29) is 0 Å². The van der Waals surface area contributed by atoms with Gasteiger partial charge in [-0.15, -0.1) is 0 Å². The molecular weight excluding hydrogens is 404 g/mol. The Hall–Kier alpha value is -1.27. The van der Waals surface area contributed by atoms with Gasteiger partial charge in [-0.25, -0.2) is 0 Å². The van der Waals surface area contributed by atoms with Crippen LogP contribution in [0.1, 0.15) is 11.1 Å². The maximum Gasteiger partial charge on any atom is 0.162 e. The number of ether oxygens (including phenoxy) is 2. The molecule has 4 nitrogen and oxygen atoms in total. The standard InChI is InChI=1S/C19H24BrClN2O2/c1-23(2)8-7-22-12-15-10-18(24-3)19(11-17(15)20)25-13-14-5-4-6-16(21)9-14/h4-6,9-11,22H,7-8,12-13H2,1-3H3. The van der Waals surface area contributed by atoms with E-state index < -0.39 is 0 Å². The third-order valence-electron chi connectivity index (χ3n) is 3.67. The second-order valence-electron chi connectivity index (χ2n) is 5.99. The molecule has 0 fully saturated rings. The number of likely N-dealkylation sites (N-methyl/N-ethyl adjacent to an activating group) is 1. The molecule has 0 saturated carbocycles. The van der Waals surface area contributed by atoms with Crippen LogP contribution in [-0.2, 0) is 13.2 Å². The molecule has 0 aromatic heterocycles. The third kappa shape index (κ3) is 6.51. The van der Waals surface area contributed by atoms with Crippen LogP contribution >= 0.6 is 27.5 Å². The average Bonchev–Trinajstić information content (AvgIpc) is 2.58. The fraction of sp³-hybridized carbons (Fsp3) is 0.368. The van der Waals surface area contributed by atoms with Gasteiger partial charge in [-0.3, -0.25) is 0 Å². The molecular formula is C19H24BrClN2O2. The van der Waals surface area contributed by atoms with Gasteiger partial charge in [0.05, 0.1) is 7.11 Å². The SMILES string of the molecule is COc1cc(CNCCN(C)C)c(Br)cc1OCc1cccc(Cl)c1. The lowest BCUT2D eigenvalue weighted by molar-refractivity contribution is 0.284. The summed E-state index contributed by atoms with van der Waals surface area (Å²) in [4.78, 5) is 2.15. The van der Waals surface area contributed by atoms with E-state index in [0.717, 1.165) is 41.0 Å². The first kappa shape index (κ1) is 20.0. The fourth-order valence-corrected chi connectivity index (χ4v) is 2.97. The summed E-state index contributed by atoms with van der Waals surface area (Å²) in [5.74, 6) is 1.42. The molecule has 0 spiro atoms. The molecule has 0 bridgehead atoms. The quantitative estimate of drug-likeness (QED) is 0.604. The summed E-state index contributed by atoms with van der Waals surface area (Å²) in [6, 6.07) is 11.6. The lowest BCUT2D eigenvalue weighted by Gasteiger charge is -2.15. The number of hydrogen-bond acceptors (Lipinski definition) is 4. The minimum atomic E-state index is 0.434. The number of halogens is 2. The van der Waals surface area contributed by atoms with Crippen LogP contribution in [0.2, 0.25) is 5.02 Å². The first-order valence-electron chi connectivity index (χ1n) is 8.08. The van der Waals surface area contributed by atoms with Crippen molar-refractivity contribution in [2.24, 2.45) is 0 Å². The van der Waals surface area contributed by atoms with E-state index in [2.05, 4.69) is 40.2 Å². The lowest BCUT2D eigenvalue weighted by atomic mass is 10.2. The molecule has 2 rings (SSSR count). The van der Waals surface area contributed by atoms with Gasteiger partial charge in [0.1, 0.15) is 6.61 Å². The van der Waals surface area contributed by atoms with Crippen LogP contribution in [0.5, 0.6) is 11.5 Å². The molecule has 136 valence electrons. The van der Waals surface area contributed by atoms with Gasteiger partial charge in [0, 0.05) is 29.1 Å². The Balaban J connectivity index is 2.02. The van der Waals surface area contributed by atoms with Crippen LogP contribution < -0.4 is 14.8 Å².